The Hall–Kier alpha value is -3.93. The number of rotatable bonds is 5. The van der Waals surface area contributed by atoms with Crippen molar-refractivity contribution in [2.45, 2.75) is 33.6 Å². The lowest BCUT2D eigenvalue weighted by Gasteiger charge is -2.23. The number of benzene rings is 3. The smallest absolute Gasteiger partial charge is 0.255 e. The second-order valence-electron chi connectivity index (χ2n) is 8.37. The Balaban J connectivity index is 1.71. The van der Waals surface area contributed by atoms with Crippen LogP contribution < -0.4 is 15.5 Å². The zero-order valence-corrected chi connectivity index (χ0v) is 19.1. The van der Waals surface area contributed by atoms with Crippen LogP contribution >= 0.6 is 0 Å². The van der Waals surface area contributed by atoms with Crippen LogP contribution in [-0.2, 0) is 4.79 Å². The number of aryl methyl sites for hydroxylation is 3. The Kier molecular flexibility index (Phi) is 6.27. The van der Waals surface area contributed by atoms with Crippen LogP contribution in [0.3, 0.4) is 0 Å². The van der Waals surface area contributed by atoms with Gasteiger partial charge in [-0.1, -0.05) is 36.4 Å². The lowest BCUT2D eigenvalue weighted by Crippen LogP contribution is -2.26. The second-order valence-corrected chi connectivity index (χ2v) is 8.37. The van der Waals surface area contributed by atoms with Gasteiger partial charge in [0, 0.05) is 29.8 Å². The van der Waals surface area contributed by atoms with Crippen molar-refractivity contribution >= 4 is 34.8 Å². The highest BCUT2D eigenvalue weighted by Gasteiger charge is 2.26. The minimum atomic E-state index is -0.263. The molecule has 0 spiro atoms. The molecule has 33 heavy (non-hydrogen) atoms. The van der Waals surface area contributed by atoms with Gasteiger partial charge in [0.15, 0.2) is 0 Å². The van der Waals surface area contributed by atoms with Gasteiger partial charge in [-0.15, -0.1) is 0 Å². The molecule has 3 aromatic carbocycles. The van der Waals surface area contributed by atoms with E-state index in [2.05, 4.69) is 10.6 Å². The van der Waals surface area contributed by atoms with Crippen LogP contribution in [0.1, 0.15) is 50.2 Å². The van der Waals surface area contributed by atoms with Gasteiger partial charge in [0.1, 0.15) is 0 Å². The fraction of sp³-hybridized carbons (Fsp3) is 0.222. The van der Waals surface area contributed by atoms with Crippen molar-refractivity contribution in [1.29, 1.82) is 0 Å². The number of carbonyl (C=O) groups excluding carboxylic acids is 3. The van der Waals surface area contributed by atoms with Gasteiger partial charge in [-0.25, -0.2) is 0 Å². The number of nitrogens with zero attached hydrogens (tertiary/aromatic N) is 1. The monoisotopic (exact) mass is 441 g/mol. The van der Waals surface area contributed by atoms with Crippen LogP contribution in [0.5, 0.6) is 0 Å². The molecule has 3 amide bonds. The zero-order chi connectivity index (χ0) is 23.5. The molecular weight excluding hydrogens is 414 g/mol. The molecule has 6 nitrogen and oxygen atoms in total. The Morgan fingerprint density at radius 2 is 1.30 bits per heavy atom. The van der Waals surface area contributed by atoms with E-state index < -0.39 is 0 Å². The van der Waals surface area contributed by atoms with E-state index in [1.807, 2.05) is 63.2 Å². The first-order chi connectivity index (χ1) is 15.8. The van der Waals surface area contributed by atoms with Crippen molar-refractivity contribution in [3.63, 3.8) is 0 Å². The van der Waals surface area contributed by atoms with Crippen molar-refractivity contribution in [2.75, 3.05) is 22.1 Å². The highest BCUT2D eigenvalue weighted by Crippen LogP contribution is 2.35. The fourth-order valence-corrected chi connectivity index (χ4v) is 4.09. The summed E-state index contributed by atoms with van der Waals surface area (Å²) in [4.78, 5) is 40.2. The quantitative estimate of drug-likeness (QED) is 0.568. The molecule has 3 aromatic rings. The third-order valence-electron chi connectivity index (χ3n) is 5.98. The Bertz CT molecular complexity index is 1250. The van der Waals surface area contributed by atoms with E-state index in [9.17, 15) is 14.4 Å². The average molecular weight is 442 g/mol. The summed E-state index contributed by atoms with van der Waals surface area (Å²) in [6.07, 6.45) is 1.25. The summed E-state index contributed by atoms with van der Waals surface area (Å²) in [6, 6.07) is 18.3. The number of anilines is 3. The van der Waals surface area contributed by atoms with E-state index in [-0.39, 0.29) is 17.7 Å². The minimum Gasteiger partial charge on any atom is -0.322 e. The second kappa shape index (κ2) is 9.28. The topological polar surface area (TPSA) is 78.5 Å². The molecule has 0 aromatic heterocycles. The Morgan fingerprint density at radius 1 is 0.758 bits per heavy atom. The lowest BCUT2D eigenvalue weighted by atomic mass is 10.1. The maximum absolute atomic E-state index is 13.1. The first-order valence-electron chi connectivity index (χ1n) is 11.0. The van der Waals surface area contributed by atoms with E-state index in [0.717, 1.165) is 23.1 Å². The molecule has 4 rings (SSSR count). The van der Waals surface area contributed by atoms with Crippen LogP contribution in [0.25, 0.3) is 0 Å². The molecule has 0 unspecified atom stereocenters. The van der Waals surface area contributed by atoms with Gasteiger partial charge in [0.2, 0.25) is 5.91 Å². The first-order valence-corrected chi connectivity index (χ1v) is 11.0. The number of carbonyl (C=O) groups is 3. The molecule has 0 aliphatic carbocycles. The molecule has 1 fully saturated rings. The van der Waals surface area contributed by atoms with Crippen molar-refractivity contribution in [2.24, 2.45) is 0 Å². The Morgan fingerprint density at radius 3 is 1.82 bits per heavy atom. The largest absolute Gasteiger partial charge is 0.322 e. The molecule has 0 bridgehead atoms. The summed E-state index contributed by atoms with van der Waals surface area (Å²) >= 11 is 0. The highest BCUT2D eigenvalue weighted by molar-refractivity contribution is 6.11. The molecule has 6 heteroatoms. The van der Waals surface area contributed by atoms with Gasteiger partial charge in [-0.2, -0.15) is 0 Å². The molecule has 0 saturated carbocycles. The third-order valence-corrected chi connectivity index (χ3v) is 5.98. The van der Waals surface area contributed by atoms with E-state index in [0.29, 0.717) is 41.2 Å². The maximum atomic E-state index is 13.1. The summed E-state index contributed by atoms with van der Waals surface area (Å²) in [5.41, 5.74) is 5.40. The van der Waals surface area contributed by atoms with Crippen molar-refractivity contribution in [3.8, 4) is 0 Å². The van der Waals surface area contributed by atoms with Crippen LogP contribution in [0.4, 0.5) is 17.1 Å². The molecule has 2 N–H and O–H groups in total. The van der Waals surface area contributed by atoms with Crippen LogP contribution in [-0.4, -0.2) is 24.3 Å². The average Bonchev–Trinajstić information content (AvgIpc) is 3.22. The SMILES string of the molecule is Cc1cc(N2CCCC2=O)c(NC(=O)c2ccccc2C)cc1NC(=O)c1ccccc1C. The minimum absolute atomic E-state index is 0.0255. The predicted octanol–water partition coefficient (Wildman–Crippen LogP) is 5.24. The fourth-order valence-electron chi connectivity index (χ4n) is 4.09. The highest BCUT2D eigenvalue weighted by atomic mass is 16.2. The number of hydrogen-bond acceptors (Lipinski definition) is 3. The molecule has 1 aliphatic heterocycles. The molecule has 0 atom stereocenters. The van der Waals surface area contributed by atoms with Gasteiger partial charge in [-0.05, 0) is 68.1 Å². The summed E-state index contributed by atoms with van der Waals surface area (Å²) in [5, 5.41) is 5.94. The summed E-state index contributed by atoms with van der Waals surface area (Å²) < 4.78 is 0. The van der Waals surface area contributed by atoms with Gasteiger partial charge < -0.3 is 15.5 Å². The molecule has 1 heterocycles. The molecule has 168 valence electrons. The summed E-state index contributed by atoms with van der Waals surface area (Å²) in [7, 11) is 0. The van der Waals surface area contributed by atoms with E-state index in [4.69, 9.17) is 0 Å². The van der Waals surface area contributed by atoms with E-state index in [1.54, 1.807) is 23.1 Å². The summed E-state index contributed by atoms with van der Waals surface area (Å²) in [6.45, 7) is 6.24. The molecule has 0 radical (unpaired) electrons. The molecular formula is C27H27N3O3. The standard InChI is InChI=1S/C27H27N3O3/c1-17-9-4-6-11-20(17)26(32)28-22-16-23(29-27(33)21-12-7-5-10-18(21)2)24(15-19(22)3)30-14-8-13-25(30)31/h4-7,9-12,15-16H,8,13-14H2,1-3H3,(H,28,32)(H,29,33). The normalized spacial score (nSPS) is 13.2. The lowest BCUT2D eigenvalue weighted by molar-refractivity contribution is -0.117. The molecule has 1 saturated heterocycles. The number of hydrogen-bond donors (Lipinski definition) is 2. The first kappa shape index (κ1) is 22.3. The van der Waals surface area contributed by atoms with E-state index in [1.165, 1.54) is 0 Å². The van der Waals surface area contributed by atoms with Crippen molar-refractivity contribution in [1.82, 2.24) is 0 Å². The van der Waals surface area contributed by atoms with Gasteiger partial charge in [0.05, 0.1) is 11.4 Å². The van der Waals surface area contributed by atoms with Crippen molar-refractivity contribution in [3.05, 3.63) is 88.5 Å². The van der Waals surface area contributed by atoms with E-state index >= 15 is 0 Å². The Labute approximate surface area is 193 Å². The number of nitrogens with one attached hydrogen (secondary N) is 2. The maximum Gasteiger partial charge on any atom is 0.255 e. The zero-order valence-electron chi connectivity index (χ0n) is 19.1. The third kappa shape index (κ3) is 4.65. The van der Waals surface area contributed by atoms with Gasteiger partial charge in [0.25, 0.3) is 11.8 Å². The molecule has 1 aliphatic rings. The van der Waals surface area contributed by atoms with Crippen LogP contribution in [0, 0.1) is 20.8 Å². The summed E-state index contributed by atoms with van der Waals surface area (Å²) in [5.74, 6) is -0.462. The van der Waals surface area contributed by atoms with Crippen molar-refractivity contribution < 1.29 is 14.4 Å². The van der Waals surface area contributed by atoms with Crippen LogP contribution in [0.15, 0.2) is 60.7 Å². The van der Waals surface area contributed by atoms with Gasteiger partial charge >= 0.3 is 0 Å². The predicted molar refractivity (Wildman–Crippen MR) is 131 cm³/mol. The van der Waals surface area contributed by atoms with Gasteiger partial charge in [-0.3, -0.25) is 14.4 Å². The number of amides is 3. The van der Waals surface area contributed by atoms with Crippen LogP contribution in [0.2, 0.25) is 0 Å².